The van der Waals surface area contributed by atoms with Gasteiger partial charge in [0.15, 0.2) is 11.6 Å². The molecular weight excluding hydrogens is 1110 g/mol. The molecule has 3 amide bonds. The van der Waals surface area contributed by atoms with Gasteiger partial charge in [0.05, 0.1) is 63.0 Å². The molecule has 3 aliphatic rings. The van der Waals surface area contributed by atoms with Crippen LogP contribution in [0.15, 0.2) is 72.8 Å². The summed E-state index contributed by atoms with van der Waals surface area (Å²) in [6.07, 6.45) is 3.37. The second kappa shape index (κ2) is 40.6. The summed E-state index contributed by atoms with van der Waals surface area (Å²) in [5.41, 5.74) is 12.3. The Morgan fingerprint density at radius 1 is 0.655 bits per heavy atom. The van der Waals surface area contributed by atoms with Crippen LogP contribution in [0.25, 0.3) is 0 Å². The van der Waals surface area contributed by atoms with E-state index in [2.05, 4.69) is 34.9 Å². The maximum Gasteiger partial charge on any atom is 1.00 e. The molecule has 7 N–H and O–H groups in total. The Labute approximate surface area is 507 Å². The maximum absolute atomic E-state index is 12.2. The van der Waals surface area contributed by atoms with Gasteiger partial charge >= 0.3 is 42.7 Å². The average molecular weight is 1190 g/mol. The van der Waals surface area contributed by atoms with E-state index < -0.39 is 40.6 Å². The number of carbonyl (C=O) groups excluding carboxylic acids is 11. The number of ketones is 3. The molecule has 0 radical (unpaired) electrons. The third-order valence-electron chi connectivity index (χ3n) is 11.0. The number of hydrogen-bond acceptors (Lipinski definition) is 18. The van der Waals surface area contributed by atoms with Crippen LogP contribution >= 0.6 is 11.6 Å². The molecule has 4 aromatic rings. The van der Waals surface area contributed by atoms with Gasteiger partial charge in [-0.05, 0) is 130 Å². The Morgan fingerprint density at radius 2 is 1.13 bits per heavy atom. The number of aryl methyl sites for hydroxylation is 4. The zero-order valence-corrected chi connectivity index (χ0v) is 50.9. The number of hydrogen-bond donors (Lipinski definition) is 4. The number of ether oxygens (including phenoxy) is 5. The van der Waals surface area contributed by atoms with E-state index in [0.29, 0.717) is 45.9 Å². The molecule has 1 fully saturated rings. The molecular formula is C60H78ClLiN4O18. The van der Waals surface area contributed by atoms with Gasteiger partial charge in [-0.1, -0.05) is 45.0 Å². The van der Waals surface area contributed by atoms with E-state index in [9.17, 15) is 57.8 Å². The van der Waals surface area contributed by atoms with E-state index in [1.165, 1.54) is 48.2 Å². The number of esters is 4. The minimum atomic E-state index is -1.06. The summed E-state index contributed by atoms with van der Waals surface area (Å²) in [6.45, 7) is 15.9. The SMILES string of the molecule is C1CCOC1.CC(=O)CCC(=O)Cl.CC(C)(C)[O-].COC(=O)C1CC(=O)Nc2cc(C)ccc2C1=O.COC(=O)CCC(=O)Nc1cc(C)ccc1C(=O)OC.COC(=O)c1ccc(C)cc1N.Cc1ccc2c(c1)NC(=O)CCC2=O.O.[Li+]. The fraction of sp³-hybridized carbons (Fsp3) is 0.417. The van der Waals surface area contributed by atoms with Crippen molar-refractivity contribution in [3.05, 3.63) is 117 Å². The van der Waals surface area contributed by atoms with Crippen LogP contribution < -0.4 is 45.7 Å². The van der Waals surface area contributed by atoms with Gasteiger partial charge in [0.2, 0.25) is 23.0 Å². The molecule has 0 saturated carbocycles. The number of carbonyl (C=O) groups is 11. The fourth-order valence-corrected chi connectivity index (χ4v) is 6.99. The zero-order chi connectivity index (χ0) is 62.3. The van der Waals surface area contributed by atoms with Gasteiger partial charge in [-0.25, -0.2) is 9.59 Å². The van der Waals surface area contributed by atoms with E-state index in [1.807, 2.05) is 45.9 Å². The Bertz CT molecular complexity index is 2870. The number of methoxy groups -OCH3 is 4. The molecule has 1 saturated heterocycles. The van der Waals surface area contributed by atoms with Crippen LogP contribution in [0.4, 0.5) is 22.7 Å². The summed E-state index contributed by atoms with van der Waals surface area (Å²) in [7, 11) is 5.07. The molecule has 3 heterocycles. The second-order valence-corrected chi connectivity index (χ2v) is 19.9. The summed E-state index contributed by atoms with van der Waals surface area (Å²) in [4.78, 5) is 124. The molecule has 0 spiro atoms. The molecule has 84 heavy (non-hydrogen) atoms. The first-order valence-electron chi connectivity index (χ1n) is 25.9. The molecule has 3 aliphatic heterocycles. The van der Waals surface area contributed by atoms with Gasteiger partial charge in [-0.15, -0.1) is 5.60 Å². The number of halogens is 1. The Kier molecular flexibility index (Phi) is 37.9. The van der Waals surface area contributed by atoms with Crippen molar-refractivity contribution >= 4 is 98.5 Å². The molecule has 0 aromatic heterocycles. The van der Waals surface area contributed by atoms with Crippen molar-refractivity contribution in [2.45, 2.75) is 119 Å². The van der Waals surface area contributed by atoms with Gasteiger partial charge in [0.1, 0.15) is 11.7 Å². The smallest absolute Gasteiger partial charge is 0.850 e. The predicted molar refractivity (Wildman–Crippen MR) is 311 cm³/mol. The minimum absolute atomic E-state index is 0. The molecule has 4 aromatic carbocycles. The van der Waals surface area contributed by atoms with Crippen LogP contribution in [0, 0.1) is 33.6 Å². The number of benzene rings is 4. The molecule has 1 atom stereocenters. The predicted octanol–water partition coefficient (Wildman–Crippen LogP) is 4.50. The van der Waals surface area contributed by atoms with Crippen LogP contribution in [0.5, 0.6) is 0 Å². The zero-order valence-electron chi connectivity index (χ0n) is 50.2. The van der Waals surface area contributed by atoms with E-state index >= 15 is 0 Å². The largest absolute Gasteiger partial charge is 1.00 e. The van der Waals surface area contributed by atoms with Crippen LogP contribution in [-0.4, -0.2) is 117 Å². The number of nitrogens with two attached hydrogens (primary N) is 1. The van der Waals surface area contributed by atoms with Crippen molar-refractivity contribution in [1.82, 2.24) is 0 Å². The van der Waals surface area contributed by atoms with Gasteiger partial charge < -0.3 is 60.7 Å². The Morgan fingerprint density at radius 3 is 1.60 bits per heavy atom. The van der Waals surface area contributed by atoms with Gasteiger partial charge in [-0.3, -0.25) is 38.4 Å². The topological polar surface area (TPSA) is 351 Å². The molecule has 1 unspecified atom stereocenters. The molecule has 7 rings (SSSR count). The first-order valence-corrected chi connectivity index (χ1v) is 26.2. The van der Waals surface area contributed by atoms with Gasteiger partial charge in [0.25, 0.3) is 0 Å². The third kappa shape index (κ3) is 31.7. The van der Waals surface area contributed by atoms with E-state index in [1.54, 1.807) is 75.4 Å². The standard InChI is InChI=1S/C14H17NO5.C13H13NO4.C11H11NO2.C9H11NO2.C5H7ClO2.C4H8O.C4H9O.Li.H2O/c1-9-4-5-10(14(18)20-3)11(8-9)15-12(16)6-7-13(17)19-2;1-7-3-4-8-10(5-7)14-11(15)6-9(12(8)16)13(17)18-2;1-7-2-3-8-9(6-7)12-11(14)5-4-10(8)13;1-6-3-4-7(8(10)5-6)9(11)12-2;1-4(7)2-3-5(6)8;1-2-4-5-3-1;1-4(2,3)5;;/h4-5,8H,6-7H2,1-3H3,(H,15,16);3-5,9H,6H2,1-2H3,(H,14,15);2-3,6H,4-5H2,1H3,(H,12,14);3-5H,10H2,1-2H3;2-3H2,1H3;1-4H2;1-3H3;;1H2/q;;;;;;-1;+1;. The Balaban J connectivity index is 0. The number of nitrogens with one attached hydrogen (secondary N) is 3. The summed E-state index contributed by atoms with van der Waals surface area (Å²) in [5, 5.41) is 17.6. The average Bonchev–Trinajstić information content (AvgIpc) is 4.10. The van der Waals surface area contributed by atoms with Crippen molar-refractivity contribution in [2.24, 2.45) is 5.92 Å². The van der Waals surface area contributed by atoms with E-state index in [4.69, 9.17) is 22.1 Å². The molecule has 22 nitrogen and oxygen atoms in total. The van der Waals surface area contributed by atoms with E-state index in [0.717, 1.165) is 35.5 Å². The van der Waals surface area contributed by atoms with E-state index in [-0.39, 0.29) is 103 Å². The van der Waals surface area contributed by atoms with Crippen LogP contribution in [-0.2, 0) is 57.2 Å². The second-order valence-electron chi connectivity index (χ2n) is 19.5. The first kappa shape index (κ1) is 78.5. The van der Waals surface area contributed by atoms with Gasteiger partial charge in [0, 0.05) is 68.6 Å². The summed E-state index contributed by atoms with van der Waals surface area (Å²) in [5.74, 6) is -4.27. The van der Waals surface area contributed by atoms with Crippen molar-refractivity contribution < 1.29 is 106 Å². The first-order chi connectivity index (χ1) is 38.4. The van der Waals surface area contributed by atoms with Crippen LogP contribution in [0.2, 0.25) is 0 Å². The number of nitrogen functional groups attached to an aromatic ring is 1. The third-order valence-corrected chi connectivity index (χ3v) is 11.2. The molecule has 0 aliphatic carbocycles. The number of anilines is 4. The number of rotatable bonds is 10. The van der Waals surface area contributed by atoms with Crippen LogP contribution in [0.1, 0.15) is 149 Å². The number of amides is 3. The van der Waals surface area contributed by atoms with Gasteiger partial charge in [-0.2, -0.15) is 0 Å². The Hall–Kier alpha value is -7.58. The molecule has 454 valence electrons. The quantitative estimate of drug-likeness (QED) is 0.0424. The van der Waals surface area contributed by atoms with Crippen molar-refractivity contribution in [2.75, 3.05) is 63.3 Å². The number of Topliss-reactive ketones (excluding diaryl/α,β-unsaturated/α-hetero) is 3. The summed E-state index contributed by atoms with van der Waals surface area (Å²) < 4.78 is 23.2. The normalized spacial score (nSPS) is 13.3. The van der Waals surface area contributed by atoms with Crippen molar-refractivity contribution in [3.8, 4) is 0 Å². The summed E-state index contributed by atoms with van der Waals surface area (Å²) >= 11 is 4.93. The minimum Gasteiger partial charge on any atom is -0.850 e. The monoisotopic (exact) mass is 1180 g/mol. The number of fused-ring (bicyclic) bond motifs is 2. The van der Waals surface area contributed by atoms with Crippen LogP contribution in [0.3, 0.4) is 0 Å². The van der Waals surface area contributed by atoms with Crippen molar-refractivity contribution in [1.29, 1.82) is 0 Å². The van der Waals surface area contributed by atoms with Crippen molar-refractivity contribution in [3.63, 3.8) is 0 Å². The summed E-state index contributed by atoms with van der Waals surface area (Å²) in [6, 6.07) is 20.8. The molecule has 24 heteroatoms. The molecule has 0 bridgehead atoms. The maximum atomic E-state index is 12.2. The fourth-order valence-electron chi connectivity index (χ4n) is 6.90.